The van der Waals surface area contributed by atoms with Crippen molar-refractivity contribution in [3.8, 4) is 0 Å². The number of urea groups is 1. The Morgan fingerprint density at radius 2 is 1.89 bits per heavy atom. The number of aliphatic carboxylic acids is 1. The van der Waals surface area contributed by atoms with Gasteiger partial charge in [0.25, 0.3) is 0 Å². The molecular weight excluding hydrogens is 232 g/mol. The SMILES string of the molecule is O=C(O)[C@H]1CCCN1C(=O)N(CC1CC1)C1CC1. The number of amides is 2. The van der Waals surface area contributed by atoms with Gasteiger partial charge in [0, 0.05) is 19.1 Å². The molecule has 0 aromatic rings. The number of carbonyl (C=O) groups is 2. The maximum Gasteiger partial charge on any atom is 0.326 e. The summed E-state index contributed by atoms with van der Waals surface area (Å²) in [6.45, 7) is 1.44. The summed E-state index contributed by atoms with van der Waals surface area (Å²) in [7, 11) is 0. The predicted octanol–water partition coefficient (Wildman–Crippen LogP) is 1.53. The molecule has 5 heteroatoms. The Morgan fingerprint density at radius 1 is 1.17 bits per heavy atom. The summed E-state index contributed by atoms with van der Waals surface area (Å²) in [5, 5.41) is 9.15. The number of hydrogen-bond donors (Lipinski definition) is 1. The topological polar surface area (TPSA) is 60.9 Å². The fourth-order valence-corrected chi connectivity index (χ4v) is 2.77. The number of carboxylic acid groups (broad SMARTS) is 1. The van der Waals surface area contributed by atoms with Crippen molar-refractivity contribution < 1.29 is 14.7 Å². The Kier molecular flexibility index (Phi) is 2.92. The molecule has 1 atom stereocenters. The van der Waals surface area contributed by atoms with Gasteiger partial charge in [0.2, 0.25) is 0 Å². The van der Waals surface area contributed by atoms with E-state index >= 15 is 0 Å². The molecule has 2 amide bonds. The van der Waals surface area contributed by atoms with E-state index in [4.69, 9.17) is 5.11 Å². The lowest BCUT2D eigenvalue weighted by Crippen LogP contribution is -2.49. The lowest BCUT2D eigenvalue weighted by Gasteiger charge is -2.30. The normalized spacial score (nSPS) is 27.3. The molecule has 3 aliphatic rings. The van der Waals surface area contributed by atoms with Crippen molar-refractivity contribution in [3.05, 3.63) is 0 Å². The maximum absolute atomic E-state index is 12.5. The number of carbonyl (C=O) groups excluding carboxylic acids is 1. The zero-order chi connectivity index (χ0) is 12.7. The van der Waals surface area contributed by atoms with Crippen molar-refractivity contribution in [2.75, 3.05) is 13.1 Å². The van der Waals surface area contributed by atoms with Gasteiger partial charge in [-0.3, -0.25) is 0 Å². The van der Waals surface area contributed by atoms with Gasteiger partial charge in [0.05, 0.1) is 0 Å². The third kappa shape index (κ3) is 2.31. The van der Waals surface area contributed by atoms with E-state index < -0.39 is 12.0 Å². The highest BCUT2D eigenvalue weighted by atomic mass is 16.4. The van der Waals surface area contributed by atoms with Gasteiger partial charge in [-0.1, -0.05) is 0 Å². The number of carboxylic acids is 1. The summed E-state index contributed by atoms with van der Waals surface area (Å²) in [4.78, 5) is 27.2. The zero-order valence-electron chi connectivity index (χ0n) is 10.5. The summed E-state index contributed by atoms with van der Waals surface area (Å²) in [5.41, 5.74) is 0. The number of rotatable bonds is 4. The van der Waals surface area contributed by atoms with Crippen molar-refractivity contribution in [2.24, 2.45) is 5.92 Å². The van der Waals surface area contributed by atoms with Crippen LogP contribution in [0.15, 0.2) is 0 Å². The molecule has 5 nitrogen and oxygen atoms in total. The number of hydrogen-bond acceptors (Lipinski definition) is 2. The van der Waals surface area contributed by atoms with Crippen molar-refractivity contribution in [1.82, 2.24) is 9.80 Å². The molecule has 0 aromatic heterocycles. The van der Waals surface area contributed by atoms with Crippen LogP contribution in [0.25, 0.3) is 0 Å². The fraction of sp³-hybridized carbons (Fsp3) is 0.846. The molecule has 2 saturated carbocycles. The molecule has 0 aromatic carbocycles. The summed E-state index contributed by atoms with van der Waals surface area (Å²) >= 11 is 0. The van der Waals surface area contributed by atoms with Crippen LogP contribution in [0.2, 0.25) is 0 Å². The van der Waals surface area contributed by atoms with Crippen molar-refractivity contribution in [3.63, 3.8) is 0 Å². The van der Waals surface area contributed by atoms with E-state index in [1.165, 1.54) is 12.8 Å². The first kappa shape index (κ1) is 11.8. The molecule has 100 valence electrons. The molecule has 18 heavy (non-hydrogen) atoms. The smallest absolute Gasteiger partial charge is 0.326 e. The lowest BCUT2D eigenvalue weighted by molar-refractivity contribution is -0.141. The van der Waals surface area contributed by atoms with Crippen LogP contribution in [-0.2, 0) is 4.79 Å². The fourth-order valence-electron chi connectivity index (χ4n) is 2.77. The Bertz CT molecular complexity index is 363. The maximum atomic E-state index is 12.5. The van der Waals surface area contributed by atoms with Gasteiger partial charge in [-0.2, -0.15) is 0 Å². The van der Waals surface area contributed by atoms with Gasteiger partial charge in [-0.05, 0) is 44.4 Å². The van der Waals surface area contributed by atoms with Crippen LogP contribution in [0, 0.1) is 5.92 Å². The van der Waals surface area contributed by atoms with E-state index in [1.54, 1.807) is 4.90 Å². The molecule has 1 heterocycles. The average Bonchev–Trinajstić information content (AvgIpc) is 3.24. The van der Waals surface area contributed by atoms with E-state index in [9.17, 15) is 9.59 Å². The van der Waals surface area contributed by atoms with Crippen LogP contribution < -0.4 is 0 Å². The minimum absolute atomic E-state index is 0.0331. The van der Waals surface area contributed by atoms with Gasteiger partial charge >= 0.3 is 12.0 Å². The number of likely N-dealkylation sites (tertiary alicyclic amines) is 1. The van der Waals surface area contributed by atoms with Crippen LogP contribution in [-0.4, -0.2) is 52.1 Å². The highest BCUT2D eigenvalue weighted by Gasteiger charge is 2.42. The molecule has 1 saturated heterocycles. The minimum atomic E-state index is -0.858. The van der Waals surface area contributed by atoms with E-state index in [0.717, 1.165) is 25.8 Å². The highest BCUT2D eigenvalue weighted by molar-refractivity contribution is 5.83. The average molecular weight is 252 g/mol. The lowest BCUT2D eigenvalue weighted by atomic mass is 10.2. The second-order valence-electron chi connectivity index (χ2n) is 5.80. The summed E-state index contributed by atoms with van der Waals surface area (Å²) < 4.78 is 0. The summed E-state index contributed by atoms with van der Waals surface area (Å²) in [5.74, 6) is -0.191. The van der Waals surface area contributed by atoms with Crippen LogP contribution in [0.4, 0.5) is 4.79 Å². The first-order valence-corrected chi connectivity index (χ1v) is 6.97. The van der Waals surface area contributed by atoms with Crippen LogP contribution in [0.5, 0.6) is 0 Å². The van der Waals surface area contributed by atoms with Gasteiger partial charge in [0.1, 0.15) is 6.04 Å². The molecule has 3 rings (SSSR count). The van der Waals surface area contributed by atoms with Crippen LogP contribution in [0.1, 0.15) is 38.5 Å². The molecule has 2 aliphatic carbocycles. The Balaban J connectivity index is 1.68. The van der Waals surface area contributed by atoms with Crippen molar-refractivity contribution in [1.29, 1.82) is 0 Å². The third-order valence-electron chi connectivity index (χ3n) is 4.17. The summed E-state index contributed by atoms with van der Waals surface area (Å²) in [6, 6.07) is -0.250. The Labute approximate surface area is 107 Å². The molecule has 0 spiro atoms. The molecule has 0 radical (unpaired) electrons. The summed E-state index contributed by atoms with van der Waals surface area (Å²) in [6.07, 6.45) is 6.03. The van der Waals surface area contributed by atoms with Crippen LogP contribution >= 0.6 is 0 Å². The van der Waals surface area contributed by atoms with Gasteiger partial charge < -0.3 is 14.9 Å². The van der Waals surface area contributed by atoms with E-state index in [0.29, 0.717) is 24.9 Å². The first-order chi connectivity index (χ1) is 8.66. The second kappa shape index (κ2) is 4.44. The largest absolute Gasteiger partial charge is 0.480 e. The Morgan fingerprint density at radius 3 is 2.44 bits per heavy atom. The third-order valence-corrected chi connectivity index (χ3v) is 4.17. The Hall–Kier alpha value is -1.26. The van der Waals surface area contributed by atoms with E-state index in [-0.39, 0.29) is 6.03 Å². The first-order valence-electron chi connectivity index (χ1n) is 6.97. The molecule has 0 unspecified atom stereocenters. The number of nitrogens with zero attached hydrogens (tertiary/aromatic N) is 2. The van der Waals surface area contributed by atoms with Gasteiger partial charge in [-0.15, -0.1) is 0 Å². The zero-order valence-corrected chi connectivity index (χ0v) is 10.5. The molecule has 1 aliphatic heterocycles. The highest BCUT2D eigenvalue weighted by Crippen LogP contribution is 2.36. The van der Waals surface area contributed by atoms with E-state index in [1.807, 2.05) is 4.90 Å². The predicted molar refractivity (Wildman–Crippen MR) is 65.2 cm³/mol. The molecular formula is C13H20N2O3. The molecule has 3 fully saturated rings. The van der Waals surface area contributed by atoms with Crippen molar-refractivity contribution in [2.45, 2.75) is 50.6 Å². The monoisotopic (exact) mass is 252 g/mol. The van der Waals surface area contributed by atoms with Gasteiger partial charge in [0.15, 0.2) is 0 Å². The standard InChI is InChI=1S/C13H20N2O3/c16-12(17)11-2-1-7-14(11)13(18)15(10-5-6-10)8-9-3-4-9/h9-11H,1-8H2,(H,16,17)/t11-/m1/s1. The van der Waals surface area contributed by atoms with E-state index in [2.05, 4.69) is 0 Å². The van der Waals surface area contributed by atoms with Crippen LogP contribution in [0.3, 0.4) is 0 Å². The quantitative estimate of drug-likeness (QED) is 0.825. The van der Waals surface area contributed by atoms with Crippen molar-refractivity contribution >= 4 is 12.0 Å². The minimum Gasteiger partial charge on any atom is -0.480 e. The second-order valence-corrected chi connectivity index (χ2v) is 5.80. The van der Waals surface area contributed by atoms with Gasteiger partial charge in [-0.25, -0.2) is 9.59 Å². The molecule has 0 bridgehead atoms. The molecule has 1 N–H and O–H groups in total.